The Bertz CT molecular complexity index is 963. The van der Waals surface area contributed by atoms with Crippen molar-refractivity contribution >= 4 is 50.8 Å². The number of hydrogen-bond acceptors (Lipinski definition) is 6. The number of carbonyl (C=O) groups is 2. The monoisotopic (exact) mass is 418 g/mol. The van der Waals surface area contributed by atoms with Crippen molar-refractivity contribution in [3.63, 3.8) is 0 Å². The molecule has 0 aliphatic carbocycles. The fraction of sp³-hybridized carbons (Fsp3) is 0.211. The van der Waals surface area contributed by atoms with Gasteiger partial charge in [-0.1, -0.05) is 29.8 Å². The Morgan fingerprint density at radius 1 is 1.18 bits per heavy atom. The molecule has 7 nitrogen and oxygen atoms in total. The number of thiazole rings is 1. The molecule has 0 aliphatic heterocycles. The number of benzene rings is 2. The number of fused-ring (bicyclic) bond motifs is 1. The molecular formula is C19H19ClN4O3S. The summed E-state index contributed by atoms with van der Waals surface area (Å²) in [4.78, 5) is 27.8. The second-order valence-corrected chi connectivity index (χ2v) is 7.13. The fourth-order valence-corrected chi connectivity index (χ4v) is 3.35. The lowest BCUT2D eigenvalue weighted by atomic mass is 10.2. The van der Waals surface area contributed by atoms with E-state index in [2.05, 4.69) is 20.9 Å². The van der Waals surface area contributed by atoms with Crippen LogP contribution >= 0.6 is 22.9 Å². The van der Waals surface area contributed by atoms with Crippen LogP contribution < -0.4 is 16.0 Å². The van der Waals surface area contributed by atoms with E-state index in [1.807, 2.05) is 30.3 Å². The standard InChI is InChI=1S/C19H19ClN4O3S/c20-15-4-2-1-3-13(15)10-21-11-18(25)22-7-8-27-19(26)24-14-5-6-16-17(9-14)28-12-23-16/h1-6,9,12,21H,7-8,10-11H2,(H,22,25)(H,24,26). The molecule has 0 aliphatic rings. The number of nitrogens with zero attached hydrogens (tertiary/aromatic N) is 1. The summed E-state index contributed by atoms with van der Waals surface area (Å²) < 4.78 is 6.05. The molecule has 0 spiro atoms. The smallest absolute Gasteiger partial charge is 0.411 e. The summed E-state index contributed by atoms with van der Waals surface area (Å²) in [7, 11) is 0. The van der Waals surface area contributed by atoms with Crippen molar-refractivity contribution in [3.8, 4) is 0 Å². The third-order valence-electron chi connectivity index (χ3n) is 3.79. The Balaban J connectivity index is 1.29. The zero-order valence-corrected chi connectivity index (χ0v) is 16.5. The number of nitrogens with one attached hydrogen (secondary N) is 3. The molecule has 0 atom stereocenters. The first kappa shape index (κ1) is 20.1. The summed E-state index contributed by atoms with van der Waals surface area (Å²) in [6.45, 7) is 0.946. The van der Waals surface area contributed by atoms with Crippen LogP contribution in [0, 0.1) is 0 Å². The van der Waals surface area contributed by atoms with Gasteiger partial charge >= 0.3 is 6.09 Å². The Morgan fingerprint density at radius 2 is 2.04 bits per heavy atom. The maximum absolute atomic E-state index is 11.8. The molecule has 2 aromatic carbocycles. The van der Waals surface area contributed by atoms with Crippen LogP contribution in [0.5, 0.6) is 0 Å². The molecule has 2 amide bonds. The normalized spacial score (nSPS) is 10.6. The van der Waals surface area contributed by atoms with E-state index < -0.39 is 6.09 Å². The van der Waals surface area contributed by atoms with Crippen LogP contribution in [0.2, 0.25) is 5.02 Å². The summed E-state index contributed by atoms with van der Waals surface area (Å²) in [6, 6.07) is 12.9. The van der Waals surface area contributed by atoms with E-state index in [0.717, 1.165) is 15.8 Å². The summed E-state index contributed by atoms with van der Waals surface area (Å²) >= 11 is 7.55. The summed E-state index contributed by atoms with van der Waals surface area (Å²) in [5.74, 6) is -0.188. The zero-order chi connectivity index (χ0) is 19.8. The van der Waals surface area contributed by atoms with Gasteiger partial charge in [-0.15, -0.1) is 11.3 Å². The quantitative estimate of drug-likeness (QED) is 0.487. The molecule has 0 unspecified atom stereocenters. The fourth-order valence-electron chi connectivity index (χ4n) is 2.44. The maximum Gasteiger partial charge on any atom is 0.411 e. The van der Waals surface area contributed by atoms with Gasteiger partial charge in [0.25, 0.3) is 0 Å². The molecule has 0 bridgehead atoms. The number of rotatable bonds is 8. The van der Waals surface area contributed by atoms with E-state index in [9.17, 15) is 9.59 Å². The molecule has 3 N–H and O–H groups in total. The molecule has 9 heteroatoms. The minimum absolute atomic E-state index is 0.0743. The van der Waals surface area contributed by atoms with Crippen molar-refractivity contribution in [1.29, 1.82) is 0 Å². The third-order valence-corrected chi connectivity index (χ3v) is 4.95. The van der Waals surface area contributed by atoms with Crippen molar-refractivity contribution in [2.45, 2.75) is 6.54 Å². The molecule has 3 aromatic rings. The average molecular weight is 419 g/mol. The first-order valence-electron chi connectivity index (χ1n) is 8.59. The molecule has 0 saturated carbocycles. The van der Waals surface area contributed by atoms with Gasteiger partial charge in [-0.25, -0.2) is 9.78 Å². The van der Waals surface area contributed by atoms with Gasteiger partial charge in [0.2, 0.25) is 5.91 Å². The molecule has 28 heavy (non-hydrogen) atoms. The first-order chi connectivity index (χ1) is 13.6. The topological polar surface area (TPSA) is 92.4 Å². The van der Waals surface area contributed by atoms with E-state index in [1.54, 1.807) is 17.6 Å². The second-order valence-electron chi connectivity index (χ2n) is 5.84. The second kappa shape index (κ2) is 10.0. The summed E-state index contributed by atoms with van der Waals surface area (Å²) in [5.41, 5.74) is 4.19. The van der Waals surface area contributed by atoms with Crippen LogP contribution in [0.25, 0.3) is 10.2 Å². The van der Waals surface area contributed by atoms with E-state index in [0.29, 0.717) is 17.3 Å². The highest BCUT2D eigenvalue weighted by Crippen LogP contribution is 2.21. The number of ether oxygens (including phenoxy) is 1. The molecule has 3 rings (SSSR count). The van der Waals surface area contributed by atoms with Crippen molar-refractivity contribution < 1.29 is 14.3 Å². The highest BCUT2D eigenvalue weighted by molar-refractivity contribution is 7.16. The van der Waals surface area contributed by atoms with Crippen LogP contribution in [0.3, 0.4) is 0 Å². The lowest BCUT2D eigenvalue weighted by Gasteiger charge is -2.09. The van der Waals surface area contributed by atoms with E-state index in [4.69, 9.17) is 16.3 Å². The summed E-state index contributed by atoms with van der Waals surface area (Å²) in [6.07, 6.45) is -0.574. The molecule has 1 heterocycles. The van der Waals surface area contributed by atoms with Gasteiger partial charge in [-0.05, 0) is 29.8 Å². The van der Waals surface area contributed by atoms with Crippen LogP contribution in [-0.2, 0) is 16.1 Å². The van der Waals surface area contributed by atoms with Gasteiger partial charge in [0.05, 0.1) is 28.8 Å². The van der Waals surface area contributed by atoms with Gasteiger partial charge in [-0.2, -0.15) is 0 Å². The van der Waals surface area contributed by atoms with E-state index in [-0.39, 0.29) is 25.6 Å². The SMILES string of the molecule is O=C(CNCc1ccccc1Cl)NCCOC(=O)Nc1ccc2ncsc2c1. The Kier molecular flexibility index (Phi) is 7.18. The van der Waals surface area contributed by atoms with Crippen LogP contribution in [0.1, 0.15) is 5.56 Å². The van der Waals surface area contributed by atoms with Gasteiger partial charge in [0.1, 0.15) is 6.61 Å². The molecular weight excluding hydrogens is 400 g/mol. The third kappa shape index (κ3) is 5.91. The Morgan fingerprint density at radius 3 is 2.89 bits per heavy atom. The molecule has 0 saturated heterocycles. The van der Waals surface area contributed by atoms with Crippen molar-refractivity contribution in [2.75, 3.05) is 25.0 Å². The number of hydrogen-bond donors (Lipinski definition) is 3. The predicted octanol–water partition coefficient (Wildman–Crippen LogP) is 3.40. The van der Waals surface area contributed by atoms with Crippen molar-refractivity contribution in [1.82, 2.24) is 15.6 Å². The molecule has 0 radical (unpaired) electrons. The number of amides is 2. The number of aromatic nitrogens is 1. The van der Waals surface area contributed by atoms with Gasteiger partial charge in [-0.3, -0.25) is 10.1 Å². The van der Waals surface area contributed by atoms with Crippen molar-refractivity contribution in [2.24, 2.45) is 0 Å². The van der Waals surface area contributed by atoms with Crippen LogP contribution in [0.4, 0.5) is 10.5 Å². The maximum atomic E-state index is 11.8. The van der Waals surface area contributed by atoms with E-state index >= 15 is 0 Å². The van der Waals surface area contributed by atoms with Gasteiger partial charge in [0, 0.05) is 17.3 Å². The minimum atomic E-state index is -0.574. The van der Waals surface area contributed by atoms with E-state index in [1.165, 1.54) is 11.3 Å². The van der Waals surface area contributed by atoms with Gasteiger partial charge < -0.3 is 15.4 Å². The average Bonchev–Trinajstić information content (AvgIpc) is 3.14. The number of halogens is 1. The number of carbonyl (C=O) groups excluding carboxylic acids is 2. The zero-order valence-electron chi connectivity index (χ0n) is 14.9. The largest absolute Gasteiger partial charge is 0.447 e. The predicted molar refractivity (Wildman–Crippen MR) is 111 cm³/mol. The van der Waals surface area contributed by atoms with Crippen molar-refractivity contribution in [3.05, 3.63) is 58.6 Å². The highest BCUT2D eigenvalue weighted by atomic mass is 35.5. The molecule has 0 fully saturated rings. The minimum Gasteiger partial charge on any atom is -0.447 e. The van der Waals surface area contributed by atoms with Crippen LogP contribution in [0.15, 0.2) is 48.0 Å². The lowest BCUT2D eigenvalue weighted by Crippen LogP contribution is -2.36. The van der Waals surface area contributed by atoms with Gasteiger partial charge in [0.15, 0.2) is 0 Å². The Hall–Kier alpha value is -2.68. The van der Waals surface area contributed by atoms with Crippen LogP contribution in [-0.4, -0.2) is 36.7 Å². The summed E-state index contributed by atoms with van der Waals surface area (Å²) in [5, 5.41) is 9.00. The Labute approximate surface area is 171 Å². The highest BCUT2D eigenvalue weighted by Gasteiger charge is 2.06. The molecule has 1 aromatic heterocycles. The lowest BCUT2D eigenvalue weighted by molar-refractivity contribution is -0.120. The molecule has 146 valence electrons. The first-order valence-corrected chi connectivity index (χ1v) is 9.85. The number of anilines is 1.